The molecular formula is C20H20FN3O4. The van der Waals surface area contributed by atoms with Gasteiger partial charge < -0.3 is 20.7 Å². The number of halogens is 1. The monoisotopic (exact) mass is 385 g/mol. The number of amides is 3. The van der Waals surface area contributed by atoms with Crippen LogP contribution in [0, 0.1) is 5.82 Å². The van der Waals surface area contributed by atoms with E-state index >= 15 is 0 Å². The minimum Gasteiger partial charge on any atom is -0.483 e. The lowest BCUT2D eigenvalue weighted by atomic mass is 10.1. The zero-order chi connectivity index (χ0) is 19.9. The van der Waals surface area contributed by atoms with Crippen LogP contribution in [0.25, 0.3) is 0 Å². The van der Waals surface area contributed by atoms with E-state index in [4.69, 9.17) is 4.74 Å². The molecule has 3 amide bonds. The molecule has 0 bridgehead atoms. The maximum absolute atomic E-state index is 13.6. The van der Waals surface area contributed by atoms with Gasteiger partial charge in [0.2, 0.25) is 5.91 Å². The number of piperidine rings is 1. The van der Waals surface area contributed by atoms with Crippen molar-refractivity contribution in [3.63, 3.8) is 0 Å². The SMILES string of the molecule is O=C1CC[C@@H](NC(=O)c2ccccc2OCC(=O)Nc2ccccc2F)CN1. The minimum atomic E-state index is -0.546. The van der Waals surface area contributed by atoms with Crippen molar-refractivity contribution in [2.24, 2.45) is 0 Å². The molecule has 0 spiro atoms. The average molecular weight is 385 g/mol. The molecule has 0 saturated carbocycles. The van der Waals surface area contributed by atoms with E-state index in [9.17, 15) is 18.8 Å². The van der Waals surface area contributed by atoms with E-state index < -0.39 is 11.7 Å². The van der Waals surface area contributed by atoms with Crippen LogP contribution in [-0.4, -0.2) is 36.9 Å². The molecule has 7 nitrogen and oxygen atoms in total. The normalized spacial score (nSPS) is 16.0. The highest BCUT2D eigenvalue weighted by atomic mass is 19.1. The van der Waals surface area contributed by atoms with Crippen LogP contribution in [0.2, 0.25) is 0 Å². The van der Waals surface area contributed by atoms with Gasteiger partial charge in [0.25, 0.3) is 11.8 Å². The van der Waals surface area contributed by atoms with Gasteiger partial charge in [-0.3, -0.25) is 14.4 Å². The molecular weight excluding hydrogens is 365 g/mol. The summed E-state index contributed by atoms with van der Waals surface area (Å²) < 4.78 is 19.1. The van der Waals surface area contributed by atoms with E-state index in [-0.39, 0.29) is 41.5 Å². The molecule has 0 aromatic heterocycles. The van der Waals surface area contributed by atoms with Crippen LogP contribution in [0.1, 0.15) is 23.2 Å². The van der Waals surface area contributed by atoms with Gasteiger partial charge in [0.1, 0.15) is 11.6 Å². The Bertz CT molecular complexity index is 877. The fourth-order valence-electron chi connectivity index (χ4n) is 2.79. The summed E-state index contributed by atoms with van der Waals surface area (Å²) in [6.45, 7) is -0.00322. The van der Waals surface area contributed by atoms with E-state index in [2.05, 4.69) is 16.0 Å². The third-order valence-corrected chi connectivity index (χ3v) is 4.24. The Morgan fingerprint density at radius 1 is 1.14 bits per heavy atom. The zero-order valence-electron chi connectivity index (χ0n) is 15.0. The molecule has 0 radical (unpaired) electrons. The Kier molecular flexibility index (Phi) is 6.21. The molecule has 1 aliphatic rings. The van der Waals surface area contributed by atoms with Crippen molar-refractivity contribution in [3.8, 4) is 5.75 Å². The third kappa shape index (κ3) is 5.06. The molecule has 3 rings (SSSR count). The molecule has 8 heteroatoms. The van der Waals surface area contributed by atoms with E-state index in [1.54, 1.807) is 30.3 Å². The van der Waals surface area contributed by atoms with Crippen molar-refractivity contribution in [1.82, 2.24) is 10.6 Å². The molecule has 146 valence electrons. The molecule has 1 heterocycles. The van der Waals surface area contributed by atoms with Crippen LogP contribution in [0.4, 0.5) is 10.1 Å². The predicted molar refractivity (Wildman–Crippen MR) is 100 cm³/mol. The maximum atomic E-state index is 13.6. The van der Waals surface area contributed by atoms with Crippen molar-refractivity contribution in [3.05, 3.63) is 59.9 Å². The van der Waals surface area contributed by atoms with Crippen molar-refractivity contribution in [2.45, 2.75) is 18.9 Å². The average Bonchev–Trinajstić information content (AvgIpc) is 2.70. The lowest BCUT2D eigenvalue weighted by molar-refractivity contribution is -0.122. The number of hydrogen-bond acceptors (Lipinski definition) is 4. The zero-order valence-corrected chi connectivity index (χ0v) is 15.0. The van der Waals surface area contributed by atoms with Gasteiger partial charge in [0.15, 0.2) is 6.61 Å². The molecule has 1 fully saturated rings. The fourth-order valence-corrected chi connectivity index (χ4v) is 2.79. The quantitative estimate of drug-likeness (QED) is 0.707. The first-order chi connectivity index (χ1) is 13.5. The second kappa shape index (κ2) is 8.98. The smallest absolute Gasteiger partial charge is 0.262 e. The molecule has 1 saturated heterocycles. The summed E-state index contributed by atoms with van der Waals surface area (Å²) in [7, 11) is 0. The number of carbonyl (C=O) groups is 3. The van der Waals surface area contributed by atoms with Gasteiger partial charge in [-0.1, -0.05) is 24.3 Å². The lowest BCUT2D eigenvalue weighted by Crippen LogP contribution is -2.47. The summed E-state index contributed by atoms with van der Waals surface area (Å²) >= 11 is 0. The molecule has 3 N–H and O–H groups in total. The second-order valence-corrected chi connectivity index (χ2v) is 6.33. The number of anilines is 1. The molecule has 0 aliphatic carbocycles. The van der Waals surface area contributed by atoms with Crippen LogP contribution in [0.15, 0.2) is 48.5 Å². The standard InChI is InChI=1S/C20H20FN3O4/c21-15-6-2-3-7-16(15)24-19(26)12-28-17-8-4-1-5-14(17)20(27)23-13-9-10-18(25)22-11-13/h1-8,13H,9-12H2,(H,22,25)(H,23,27)(H,24,26)/t13-/m1/s1. The summed E-state index contributed by atoms with van der Waals surface area (Å²) in [6.07, 6.45) is 0.922. The summed E-state index contributed by atoms with van der Waals surface area (Å²) in [5.74, 6) is -1.24. The van der Waals surface area contributed by atoms with Crippen LogP contribution < -0.4 is 20.7 Å². The van der Waals surface area contributed by atoms with Crippen LogP contribution >= 0.6 is 0 Å². The van der Waals surface area contributed by atoms with Crippen molar-refractivity contribution in [2.75, 3.05) is 18.5 Å². The molecule has 0 unspecified atom stereocenters. The number of carbonyl (C=O) groups excluding carboxylic acids is 3. The van der Waals surface area contributed by atoms with E-state index in [0.717, 1.165) is 0 Å². The Morgan fingerprint density at radius 2 is 1.89 bits per heavy atom. The van der Waals surface area contributed by atoms with Crippen LogP contribution in [0.5, 0.6) is 5.75 Å². The van der Waals surface area contributed by atoms with Crippen molar-refractivity contribution in [1.29, 1.82) is 0 Å². The van der Waals surface area contributed by atoms with Crippen molar-refractivity contribution >= 4 is 23.4 Å². The first-order valence-electron chi connectivity index (χ1n) is 8.86. The molecule has 2 aromatic carbocycles. The van der Waals surface area contributed by atoms with Gasteiger partial charge in [0.05, 0.1) is 11.3 Å². The van der Waals surface area contributed by atoms with E-state index in [1.165, 1.54) is 18.2 Å². The van der Waals surface area contributed by atoms with Gasteiger partial charge in [-0.15, -0.1) is 0 Å². The number of para-hydroxylation sites is 2. The number of hydrogen-bond donors (Lipinski definition) is 3. The number of rotatable bonds is 6. The van der Waals surface area contributed by atoms with Crippen LogP contribution in [0.3, 0.4) is 0 Å². The molecule has 1 atom stereocenters. The second-order valence-electron chi connectivity index (χ2n) is 6.33. The van der Waals surface area contributed by atoms with Gasteiger partial charge in [-0.25, -0.2) is 4.39 Å². The molecule has 1 aliphatic heterocycles. The molecule has 2 aromatic rings. The first kappa shape index (κ1) is 19.3. The summed E-state index contributed by atoms with van der Waals surface area (Å²) in [4.78, 5) is 35.8. The Balaban J connectivity index is 1.59. The topological polar surface area (TPSA) is 96.5 Å². The maximum Gasteiger partial charge on any atom is 0.262 e. The summed E-state index contributed by atoms with van der Waals surface area (Å²) in [5.41, 5.74) is 0.333. The number of nitrogens with one attached hydrogen (secondary N) is 3. The van der Waals surface area contributed by atoms with Crippen LogP contribution in [-0.2, 0) is 9.59 Å². The predicted octanol–water partition coefficient (Wildman–Crippen LogP) is 1.85. The highest BCUT2D eigenvalue weighted by Crippen LogP contribution is 2.19. The first-order valence-corrected chi connectivity index (χ1v) is 8.86. The lowest BCUT2D eigenvalue weighted by Gasteiger charge is -2.23. The fraction of sp³-hybridized carbons (Fsp3) is 0.250. The third-order valence-electron chi connectivity index (χ3n) is 4.24. The van der Waals surface area contributed by atoms with Crippen molar-refractivity contribution < 1.29 is 23.5 Å². The van der Waals surface area contributed by atoms with Gasteiger partial charge in [-0.2, -0.15) is 0 Å². The van der Waals surface area contributed by atoms with E-state index in [1.807, 2.05) is 0 Å². The van der Waals surface area contributed by atoms with Gasteiger partial charge in [-0.05, 0) is 30.7 Å². The number of ether oxygens (including phenoxy) is 1. The largest absolute Gasteiger partial charge is 0.483 e. The highest BCUT2D eigenvalue weighted by Gasteiger charge is 2.22. The number of benzene rings is 2. The highest BCUT2D eigenvalue weighted by molar-refractivity contribution is 5.97. The van der Waals surface area contributed by atoms with Gasteiger partial charge >= 0.3 is 0 Å². The summed E-state index contributed by atoms with van der Waals surface area (Å²) in [5, 5.41) is 7.97. The Hall–Kier alpha value is -3.42. The van der Waals surface area contributed by atoms with E-state index in [0.29, 0.717) is 19.4 Å². The minimum absolute atomic E-state index is 0.0323. The molecule has 28 heavy (non-hydrogen) atoms. The Morgan fingerprint density at radius 3 is 2.64 bits per heavy atom. The van der Waals surface area contributed by atoms with Gasteiger partial charge in [0, 0.05) is 19.0 Å². The summed E-state index contributed by atoms with van der Waals surface area (Å²) in [6, 6.07) is 12.2. The Labute approximate surface area is 161 Å².